The number of hydrogen-bond acceptors (Lipinski definition) is 5. The van der Waals surface area contributed by atoms with Gasteiger partial charge in [0.25, 0.3) is 5.69 Å². The summed E-state index contributed by atoms with van der Waals surface area (Å²) in [5.74, 6) is 0.552. The Morgan fingerprint density at radius 1 is 1.21 bits per heavy atom. The fourth-order valence-electron chi connectivity index (χ4n) is 3.69. The molecule has 2 aliphatic rings. The van der Waals surface area contributed by atoms with Gasteiger partial charge in [0, 0.05) is 24.9 Å². The highest BCUT2D eigenvalue weighted by atomic mass is 16.6. The number of hydrogen-bond donors (Lipinski definition) is 0. The predicted molar refractivity (Wildman–Crippen MR) is 92.5 cm³/mol. The average Bonchev–Trinajstić information content (AvgIpc) is 2.74. The van der Waals surface area contributed by atoms with Crippen molar-refractivity contribution in [1.29, 1.82) is 0 Å². The predicted octanol–water partition coefficient (Wildman–Crippen LogP) is 3.81. The molecule has 0 saturated carbocycles. The second-order valence-corrected chi connectivity index (χ2v) is 6.67. The molecule has 0 N–H and O–H groups in total. The molecule has 2 heterocycles. The number of nitrogens with zero attached hydrogens (tertiary/aromatic N) is 3. The van der Waals surface area contributed by atoms with Gasteiger partial charge in [-0.3, -0.25) is 15.1 Å². The van der Waals surface area contributed by atoms with Crippen LogP contribution >= 0.6 is 0 Å². The van der Waals surface area contributed by atoms with Gasteiger partial charge < -0.3 is 9.64 Å². The number of non-ortho nitro benzene ring substituents is 1. The summed E-state index contributed by atoms with van der Waals surface area (Å²) in [4.78, 5) is 17.1. The largest absolute Gasteiger partial charge is 0.459 e. The zero-order valence-electron chi connectivity index (χ0n) is 13.7. The van der Waals surface area contributed by atoms with Crippen LogP contribution in [0.5, 0.6) is 5.75 Å². The zero-order chi connectivity index (χ0) is 17.1. The Balaban J connectivity index is 1.84. The summed E-state index contributed by atoms with van der Waals surface area (Å²) in [5.41, 5.74) is 1.67. The van der Waals surface area contributed by atoms with E-state index in [0.29, 0.717) is 11.4 Å². The molecule has 0 bridgehead atoms. The third-order valence-electron chi connectivity index (χ3n) is 5.13. The second kappa shape index (κ2) is 4.56. The summed E-state index contributed by atoms with van der Waals surface area (Å²) in [6.07, 6.45) is 1.76. The lowest BCUT2D eigenvalue weighted by Crippen LogP contribution is -2.60. The van der Waals surface area contributed by atoms with Crippen molar-refractivity contribution >= 4 is 23.3 Å². The van der Waals surface area contributed by atoms with E-state index in [4.69, 9.17) is 4.74 Å². The molecule has 6 nitrogen and oxygen atoms in total. The highest BCUT2D eigenvalue weighted by Crippen LogP contribution is 2.53. The Morgan fingerprint density at radius 2 is 1.96 bits per heavy atom. The SMILES string of the molecule is CN1c2ccccc2C(C)(C)[C@@]12C=Nc1cc([N+](=O)[O-])ccc1O2. The van der Waals surface area contributed by atoms with E-state index in [2.05, 4.69) is 35.9 Å². The van der Waals surface area contributed by atoms with Crippen LogP contribution in [0.2, 0.25) is 0 Å². The molecule has 4 rings (SSSR count). The van der Waals surface area contributed by atoms with E-state index in [9.17, 15) is 10.1 Å². The van der Waals surface area contributed by atoms with Gasteiger partial charge in [0.1, 0.15) is 11.4 Å². The fourth-order valence-corrected chi connectivity index (χ4v) is 3.69. The number of anilines is 1. The number of para-hydroxylation sites is 1. The molecule has 2 aromatic carbocycles. The van der Waals surface area contributed by atoms with Gasteiger partial charge in [0.2, 0.25) is 5.72 Å². The summed E-state index contributed by atoms with van der Waals surface area (Å²) in [6, 6.07) is 12.7. The molecule has 1 atom stereocenters. The van der Waals surface area contributed by atoms with Gasteiger partial charge in [-0.05, 0) is 31.5 Å². The van der Waals surface area contributed by atoms with Gasteiger partial charge in [-0.25, -0.2) is 0 Å². The minimum Gasteiger partial charge on any atom is -0.459 e. The molecule has 0 amide bonds. The molecular weight excluding hydrogens is 306 g/mol. The van der Waals surface area contributed by atoms with Crippen LogP contribution in [0.4, 0.5) is 17.1 Å². The number of likely N-dealkylation sites (N-methyl/N-ethyl adjacent to an activating group) is 1. The Labute approximate surface area is 139 Å². The lowest BCUT2D eigenvalue weighted by molar-refractivity contribution is -0.384. The van der Waals surface area contributed by atoms with Gasteiger partial charge in [-0.15, -0.1) is 0 Å². The van der Waals surface area contributed by atoms with Crippen molar-refractivity contribution in [1.82, 2.24) is 0 Å². The zero-order valence-corrected chi connectivity index (χ0v) is 13.7. The molecule has 6 heteroatoms. The number of aliphatic imine (C=N–C) groups is 1. The highest BCUT2D eigenvalue weighted by Gasteiger charge is 2.58. The normalized spacial score (nSPS) is 22.9. The van der Waals surface area contributed by atoms with E-state index in [0.717, 1.165) is 5.69 Å². The first-order chi connectivity index (χ1) is 11.4. The number of rotatable bonds is 1. The molecule has 122 valence electrons. The number of ether oxygens (including phenoxy) is 1. The summed E-state index contributed by atoms with van der Waals surface area (Å²) in [5, 5.41) is 10.9. The average molecular weight is 323 g/mol. The first-order valence-electron chi connectivity index (χ1n) is 7.73. The highest BCUT2D eigenvalue weighted by molar-refractivity contribution is 5.88. The second-order valence-electron chi connectivity index (χ2n) is 6.67. The van der Waals surface area contributed by atoms with E-state index < -0.39 is 10.6 Å². The van der Waals surface area contributed by atoms with Crippen molar-refractivity contribution in [2.24, 2.45) is 4.99 Å². The Morgan fingerprint density at radius 3 is 2.67 bits per heavy atom. The molecule has 0 saturated heterocycles. The molecule has 0 aliphatic carbocycles. The van der Waals surface area contributed by atoms with Crippen molar-refractivity contribution in [2.75, 3.05) is 11.9 Å². The van der Waals surface area contributed by atoms with Crippen LogP contribution in [0.1, 0.15) is 19.4 Å². The fraction of sp³-hybridized carbons (Fsp3) is 0.278. The van der Waals surface area contributed by atoms with Gasteiger partial charge >= 0.3 is 0 Å². The summed E-state index contributed by atoms with van der Waals surface area (Å²) in [6.45, 7) is 4.25. The number of fused-ring (bicyclic) bond motifs is 2. The summed E-state index contributed by atoms with van der Waals surface area (Å²) in [7, 11) is 1.98. The van der Waals surface area contributed by atoms with Crippen LogP contribution in [-0.2, 0) is 5.41 Å². The lowest BCUT2D eigenvalue weighted by Gasteiger charge is -2.44. The van der Waals surface area contributed by atoms with E-state index >= 15 is 0 Å². The third-order valence-corrected chi connectivity index (χ3v) is 5.13. The van der Waals surface area contributed by atoms with E-state index in [1.54, 1.807) is 12.3 Å². The van der Waals surface area contributed by atoms with Gasteiger partial charge in [-0.2, -0.15) is 0 Å². The monoisotopic (exact) mass is 323 g/mol. The molecule has 0 fully saturated rings. The molecule has 0 radical (unpaired) electrons. The minimum absolute atomic E-state index is 0.00720. The topological polar surface area (TPSA) is 68.0 Å². The first-order valence-corrected chi connectivity index (χ1v) is 7.73. The first kappa shape index (κ1) is 14.7. The standard InChI is InChI=1S/C18H17N3O3/c1-17(2)13-6-4-5-7-15(13)20(3)18(17)11-19-14-10-12(21(22)23)8-9-16(14)24-18/h4-11H,1-3H3/t18-/m0/s1. The van der Waals surface area contributed by atoms with Crippen LogP contribution in [0.3, 0.4) is 0 Å². The van der Waals surface area contributed by atoms with Crippen LogP contribution in [0.25, 0.3) is 0 Å². The Bertz CT molecular complexity index is 891. The molecule has 0 unspecified atom stereocenters. The Kier molecular flexibility index (Phi) is 2.79. The number of benzene rings is 2. The molecule has 0 aromatic heterocycles. The van der Waals surface area contributed by atoms with Gasteiger partial charge in [0.05, 0.1) is 16.6 Å². The smallest absolute Gasteiger partial charge is 0.271 e. The number of nitro benzene ring substituents is 1. The van der Waals surface area contributed by atoms with Crippen molar-refractivity contribution < 1.29 is 9.66 Å². The molecule has 24 heavy (non-hydrogen) atoms. The van der Waals surface area contributed by atoms with E-state index in [1.807, 2.05) is 19.2 Å². The van der Waals surface area contributed by atoms with Crippen LogP contribution in [-0.4, -0.2) is 23.9 Å². The third kappa shape index (κ3) is 1.68. The van der Waals surface area contributed by atoms with Crippen LogP contribution < -0.4 is 9.64 Å². The van der Waals surface area contributed by atoms with Crippen molar-refractivity contribution in [3.05, 3.63) is 58.1 Å². The maximum Gasteiger partial charge on any atom is 0.271 e. The van der Waals surface area contributed by atoms with Crippen LogP contribution in [0.15, 0.2) is 47.5 Å². The number of nitro groups is 1. The van der Waals surface area contributed by atoms with Gasteiger partial charge in [-0.1, -0.05) is 18.2 Å². The molecular formula is C18H17N3O3. The quantitative estimate of drug-likeness (QED) is 0.591. The lowest BCUT2D eigenvalue weighted by atomic mass is 9.77. The summed E-state index contributed by atoms with van der Waals surface area (Å²) < 4.78 is 6.38. The Hall–Kier alpha value is -2.89. The van der Waals surface area contributed by atoms with Crippen molar-refractivity contribution in [3.63, 3.8) is 0 Å². The van der Waals surface area contributed by atoms with Crippen molar-refractivity contribution in [2.45, 2.75) is 25.0 Å². The maximum atomic E-state index is 10.9. The van der Waals surface area contributed by atoms with Crippen LogP contribution in [0, 0.1) is 10.1 Å². The van der Waals surface area contributed by atoms with Crippen molar-refractivity contribution in [3.8, 4) is 5.75 Å². The minimum atomic E-state index is -0.764. The molecule has 2 aromatic rings. The summed E-state index contributed by atoms with van der Waals surface area (Å²) >= 11 is 0. The van der Waals surface area contributed by atoms with E-state index in [-0.39, 0.29) is 11.1 Å². The molecule has 2 aliphatic heterocycles. The van der Waals surface area contributed by atoms with E-state index in [1.165, 1.54) is 17.7 Å². The maximum absolute atomic E-state index is 10.9. The van der Waals surface area contributed by atoms with Gasteiger partial charge in [0.15, 0.2) is 0 Å². The molecule has 1 spiro atoms.